The smallest absolute Gasteiger partial charge is 0.416 e. The maximum atomic E-state index is 12.8. The Kier molecular flexibility index (Phi) is 5.54. The Hall–Kier alpha value is -3.80. The van der Waals surface area contributed by atoms with E-state index in [0.29, 0.717) is 16.9 Å². The van der Waals surface area contributed by atoms with Crippen LogP contribution < -0.4 is 15.6 Å². The molecule has 0 aliphatic heterocycles. The molecule has 0 radical (unpaired) electrons. The first-order valence-electron chi connectivity index (χ1n) is 8.40. The van der Waals surface area contributed by atoms with Crippen molar-refractivity contribution in [2.24, 2.45) is 0 Å². The second-order valence-electron chi connectivity index (χ2n) is 6.03. The maximum Gasteiger partial charge on any atom is 0.416 e. The maximum absolute atomic E-state index is 12.8. The van der Waals surface area contributed by atoms with E-state index in [1.807, 2.05) is 6.07 Å². The fraction of sp³-hybridized carbons (Fsp3) is 0.150. The standard InChI is InChI=1S/C20H15F3N4O2/c1-29-15-7-5-13(6-8-15)17-16(10-24)18(28)27-19(26-17)25-11-12-3-2-4-14(9-12)20(21,22)23/h2-9H,11H2,1H3,(H2,25,26,27,28). The van der Waals surface area contributed by atoms with Crippen LogP contribution in [-0.2, 0) is 12.7 Å². The topological polar surface area (TPSA) is 90.8 Å². The highest BCUT2D eigenvalue weighted by Gasteiger charge is 2.30. The second-order valence-corrected chi connectivity index (χ2v) is 6.03. The van der Waals surface area contributed by atoms with Crippen molar-refractivity contribution in [1.29, 1.82) is 5.26 Å². The summed E-state index contributed by atoms with van der Waals surface area (Å²) in [6.07, 6.45) is -4.45. The van der Waals surface area contributed by atoms with E-state index in [-0.39, 0.29) is 23.8 Å². The van der Waals surface area contributed by atoms with Crippen LogP contribution in [0.15, 0.2) is 53.3 Å². The first kappa shape index (κ1) is 19.9. The molecule has 0 aliphatic carbocycles. The molecule has 1 heterocycles. The highest BCUT2D eigenvalue weighted by atomic mass is 19.4. The minimum atomic E-state index is -4.45. The molecule has 0 aliphatic rings. The normalized spacial score (nSPS) is 11.0. The Labute approximate surface area is 163 Å². The number of hydrogen-bond donors (Lipinski definition) is 2. The molecular weight excluding hydrogens is 385 g/mol. The molecule has 3 aromatic rings. The SMILES string of the molecule is COc1ccc(-c2nc(NCc3cccc(C(F)(F)F)c3)[nH]c(=O)c2C#N)cc1. The van der Waals surface area contributed by atoms with Gasteiger partial charge in [0.2, 0.25) is 5.95 Å². The molecule has 29 heavy (non-hydrogen) atoms. The Balaban J connectivity index is 1.90. The molecule has 0 bridgehead atoms. The largest absolute Gasteiger partial charge is 0.497 e. The third kappa shape index (κ3) is 4.55. The van der Waals surface area contributed by atoms with Crippen LogP contribution in [0.4, 0.5) is 19.1 Å². The van der Waals surface area contributed by atoms with Crippen LogP contribution in [0.3, 0.4) is 0 Å². The summed E-state index contributed by atoms with van der Waals surface area (Å²) < 4.78 is 43.6. The highest BCUT2D eigenvalue weighted by Crippen LogP contribution is 2.29. The van der Waals surface area contributed by atoms with Gasteiger partial charge in [0.25, 0.3) is 5.56 Å². The molecule has 2 aromatic carbocycles. The van der Waals surface area contributed by atoms with Crippen LogP contribution in [0, 0.1) is 11.3 Å². The van der Waals surface area contributed by atoms with Crippen LogP contribution in [0.2, 0.25) is 0 Å². The second kappa shape index (κ2) is 8.06. The van der Waals surface area contributed by atoms with Gasteiger partial charge in [-0.1, -0.05) is 12.1 Å². The number of halogens is 3. The average molecular weight is 400 g/mol. The number of H-pyrrole nitrogens is 1. The Bertz CT molecular complexity index is 1120. The lowest BCUT2D eigenvalue weighted by molar-refractivity contribution is -0.137. The average Bonchev–Trinajstić information content (AvgIpc) is 2.71. The lowest BCUT2D eigenvalue weighted by Gasteiger charge is -2.11. The Morgan fingerprint density at radius 3 is 2.55 bits per heavy atom. The van der Waals surface area contributed by atoms with E-state index in [0.717, 1.165) is 12.1 Å². The number of rotatable bonds is 5. The van der Waals surface area contributed by atoms with Gasteiger partial charge in [-0.2, -0.15) is 18.4 Å². The number of nitrogens with one attached hydrogen (secondary N) is 2. The fourth-order valence-corrected chi connectivity index (χ4v) is 2.66. The Morgan fingerprint density at radius 1 is 1.21 bits per heavy atom. The first-order chi connectivity index (χ1) is 13.8. The molecule has 0 spiro atoms. The highest BCUT2D eigenvalue weighted by molar-refractivity contribution is 5.67. The summed E-state index contributed by atoms with van der Waals surface area (Å²) in [4.78, 5) is 18.9. The zero-order chi connectivity index (χ0) is 21.0. The van der Waals surface area contributed by atoms with Gasteiger partial charge in [0.05, 0.1) is 18.4 Å². The summed E-state index contributed by atoms with van der Waals surface area (Å²) in [6, 6.07) is 13.3. The molecule has 0 saturated heterocycles. The summed E-state index contributed by atoms with van der Waals surface area (Å²) in [7, 11) is 1.51. The quantitative estimate of drug-likeness (QED) is 0.677. The summed E-state index contributed by atoms with van der Waals surface area (Å²) in [5.41, 5.74) is -0.546. The first-order valence-corrected chi connectivity index (χ1v) is 8.40. The molecule has 1 aromatic heterocycles. The molecule has 3 rings (SSSR count). The number of nitrogens with zero attached hydrogens (tertiary/aromatic N) is 2. The van der Waals surface area contributed by atoms with Crippen molar-refractivity contribution in [2.75, 3.05) is 12.4 Å². The van der Waals surface area contributed by atoms with Gasteiger partial charge < -0.3 is 10.1 Å². The van der Waals surface area contributed by atoms with Crippen molar-refractivity contribution in [3.8, 4) is 23.1 Å². The molecular formula is C20H15F3N4O2. The molecule has 0 fully saturated rings. The van der Waals surface area contributed by atoms with E-state index < -0.39 is 17.3 Å². The number of benzene rings is 2. The number of hydrogen-bond acceptors (Lipinski definition) is 5. The van der Waals surface area contributed by atoms with Crippen molar-refractivity contribution < 1.29 is 17.9 Å². The number of anilines is 1. The predicted molar refractivity (Wildman–Crippen MR) is 100 cm³/mol. The monoisotopic (exact) mass is 400 g/mol. The number of ether oxygens (including phenoxy) is 1. The van der Waals surface area contributed by atoms with Gasteiger partial charge in [0.1, 0.15) is 17.4 Å². The lowest BCUT2D eigenvalue weighted by Crippen LogP contribution is -2.17. The number of methoxy groups -OCH3 is 1. The van der Waals surface area contributed by atoms with E-state index in [1.165, 1.54) is 19.2 Å². The molecule has 148 valence electrons. The van der Waals surface area contributed by atoms with E-state index in [1.54, 1.807) is 24.3 Å². The van der Waals surface area contributed by atoms with Crippen molar-refractivity contribution in [2.45, 2.75) is 12.7 Å². The minimum absolute atomic E-state index is 0.000806. The van der Waals surface area contributed by atoms with Gasteiger partial charge in [-0.05, 0) is 42.0 Å². The third-order valence-electron chi connectivity index (χ3n) is 4.11. The molecule has 0 unspecified atom stereocenters. The summed E-state index contributed by atoms with van der Waals surface area (Å²) in [5, 5.41) is 12.1. The Morgan fingerprint density at radius 2 is 1.93 bits per heavy atom. The van der Waals surface area contributed by atoms with Crippen molar-refractivity contribution >= 4 is 5.95 Å². The van der Waals surface area contributed by atoms with Gasteiger partial charge >= 0.3 is 6.18 Å². The number of aromatic nitrogens is 2. The van der Waals surface area contributed by atoms with Gasteiger partial charge in [-0.3, -0.25) is 9.78 Å². The van der Waals surface area contributed by atoms with E-state index >= 15 is 0 Å². The van der Waals surface area contributed by atoms with Crippen molar-refractivity contribution in [1.82, 2.24) is 9.97 Å². The zero-order valence-corrected chi connectivity index (χ0v) is 15.2. The lowest BCUT2D eigenvalue weighted by atomic mass is 10.1. The van der Waals surface area contributed by atoms with Crippen LogP contribution in [0.1, 0.15) is 16.7 Å². The number of alkyl halides is 3. The van der Waals surface area contributed by atoms with Crippen LogP contribution >= 0.6 is 0 Å². The number of aromatic amines is 1. The van der Waals surface area contributed by atoms with Crippen molar-refractivity contribution in [3.05, 3.63) is 75.6 Å². The van der Waals surface area contributed by atoms with E-state index in [9.17, 15) is 23.2 Å². The number of nitriles is 1. The van der Waals surface area contributed by atoms with E-state index in [2.05, 4.69) is 15.3 Å². The summed E-state index contributed by atoms with van der Waals surface area (Å²) >= 11 is 0. The summed E-state index contributed by atoms with van der Waals surface area (Å²) in [6.45, 7) is 0.000806. The molecule has 0 atom stereocenters. The summed E-state index contributed by atoms with van der Waals surface area (Å²) in [5.74, 6) is 0.636. The minimum Gasteiger partial charge on any atom is -0.497 e. The van der Waals surface area contributed by atoms with Crippen molar-refractivity contribution in [3.63, 3.8) is 0 Å². The fourth-order valence-electron chi connectivity index (χ4n) is 2.66. The molecule has 0 saturated carbocycles. The van der Waals surface area contributed by atoms with Crippen LogP contribution in [-0.4, -0.2) is 17.1 Å². The van der Waals surface area contributed by atoms with Gasteiger partial charge in [0.15, 0.2) is 0 Å². The predicted octanol–water partition coefficient (Wildman–Crippen LogP) is 3.95. The molecule has 0 amide bonds. The molecule has 6 nitrogen and oxygen atoms in total. The molecule has 9 heteroatoms. The van der Waals surface area contributed by atoms with E-state index in [4.69, 9.17) is 4.74 Å². The molecule has 2 N–H and O–H groups in total. The zero-order valence-electron chi connectivity index (χ0n) is 15.2. The van der Waals surface area contributed by atoms with Gasteiger partial charge in [-0.15, -0.1) is 0 Å². The van der Waals surface area contributed by atoms with Gasteiger partial charge in [-0.25, -0.2) is 4.98 Å². The van der Waals surface area contributed by atoms with Gasteiger partial charge in [0, 0.05) is 12.1 Å². The van der Waals surface area contributed by atoms with Crippen LogP contribution in [0.5, 0.6) is 5.75 Å². The van der Waals surface area contributed by atoms with Crippen LogP contribution in [0.25, 0.3) is 11.3 Å². The third-order valence-corrected chi connectivity index (χ3v) is 4.11.